The maximum absolute atomic E-state index is 11.7. The summed E-state index contributed by atoms with van der Waals surface area (Å²) in [5, 5.41) is 11.8. The van der Waals surface area contributed by atoms with Crippen molar-refractivity contribution in [2.24, 2.45) is 0 Å². The van der Waals surface area contributed by atoms with Crippen LogP contribution in [-0.4, -0.2) is 23.7 Å². The molecular formula is C11H17NO2S. The molecule has 84 valence electrons. The first-order valence-corrected chi connectivity index (χ1v) is 5.88. The van der Waals surface area contributed by atoms with Crippen LogP contribution in [0.15, 0.2) is 6.07 Å². The lowest BCUT2D eigenvalue weighted by Crippen LogP contribution is -2.36. The van der Waals surface area contributed by atoms with Crippen LogP contribution in [0.25, 0.3) is 0 Å². The van der Waals surface area contributed by atoms with Crippen LogP contribution in [0, 0.1) is 13.8 Å². The lowest BCUT2D eigenvalue weighted by molar-refractivity contribution is 0.0919. The van der Waals surface area contributed by atoms with Crippen molar-refractivity contribution in [1.82, 2.24) is 5.32 Å². The molecular weight excluding hydrogens is 210 g/mol. The molecule has 0 fully saturated rings. The molecule has 0 aliphatic rings. The summed E-state index contributed by atoms with van der Waals surface area (Å²) in [7, 11) is 0. The van der Waals surface area contributed by atoms with Gasteiger partial charge in [-0.1, -0.05) is 6.92 Å². The van der Waals surface area contributed by atoms with Crippen molar-refractivity contribution in [3.63, 3.8) is 0 Å². The number of amides is 1. The fourth-order valence-electron chi connectivity index (χ4n) is 1.22. The third-order valence-corrected chi connectivity index (χ3v) is 3.59. The Balaban J connectivity index is 2.68. The van der Waals surface area contributed by atoms with Gasteiger partial charge in [0.2, 0.25) is 0 Å². The van der Waals surface area contributed by atoms with E-state index in [-0.39, 0.29) is 18.6 Å². The van der Waals surface area contributed by atoms with Crippen LogP contribution >= 0.6 is 11.3 Å². The highest BCUT2D eigenvalue weighted by atomic mass is 32.1. The Morgan fingerprint density at radius 3 is 2.67 bits per heavy atom. The summed E-state index contributed by atoms with van der Waals surface area (Å²) < 4.78 is 0. The minimum absolute atomic E-state index is 0.00835. The third kappa shape index (κ3) is 3.04. The van der Waals surface area contributed by atoms with E-state index >= 15 is 0 Å². The Kier molecular flexibility index (Phi) is 4.29. The van der Waals surface area contributed by atoms with Crippen molar-refractivity contribution in [2.45, 2.75) is 33.2 Å². The zero-order valence-corrected chi connectivity index (χ0v) is 10.1. The molecule has 0 saturated carbocycles. The summed E-state index contributed by atoms with van der Waals surface area (Å²) in [5.41, 5.74) is 1.14. The molecule has 1 aromatic heterocycles. The minimum Gasteiger partial charge on any atom is -0.394 e. The second kappa shape index (κ2) is 5.28. The van der Waals surface area contributed by atoms with Gasteiger partial charge in [-0.25, -0.2) is 0 Å². The van der Waals surface area contributed by atoms with Crippen molar-refractivity contribution in [1.29, 1.82) is 0 Å². The Morgan fingerprint density at radius 2 is 2.27 bits per heavy atom. The average Bonchev–Trinajstić information content (AvgIpc) is 2.55. The molecule has 1 aromatic rings. The highest BCUT2D eigenvalue weighted by Gasteiger charge is 2.13. The van der Waals surface area contributed by atoms with E-state index in [0.29, 0.717) is 0 Å². The van der Waals surface area contributed by atoms with Gasteiger partial charge in [0.1, 0.15) is 0 Å². The number of nitrogens with one attached hydrogen (secondary N) is 1. The van der Waals surface area contributed by atoms with Gasteiger partial charge in [-0.05, 0) is 31.9 Å². The standard InChI is InChI=1S/C11H17NO2S/c1-4-9(6-13)12-11(14)10-5-7(2)8(3)15-10/h5,9,13H,4,6H2,1-3H3,(H,12,14)/t9-/m0/s1. The highest BCUT2D eigenvalue weighted by Crippen LogP contribution is 2.20. The molecule has 1 heterocycles. The Hall–Kier alpha value is -0.870. The molecule has 0 aromatic carbocycles. The molecule has 3 nitrogen and oxygen atoms in total. The molecule has 0 spiro atoms. The molecule has 0 radical (unpaired) electrons. The van der Waals surface area contributed by atoms with E-state index in [0.717, 1.165) is 21.7 Å². The monoisotopic (exact) mass is 227 g/mol. The average molecular weight is 227 g/mol. The Bertz CT molecular complexity index is 323. The van der Waals surface area contributed by atoms with Gasteiger partial charge >= 0.3 is 0 Å². The smallest absolute Gasteiger partial charge is 0.261 e. The van der Waals surface area contributed by atoms with Gasteiger partial charge < -0.3 is 10.4 Å². The molecule has 0 bridgehead atoms. The van der Waals surface area contributed by atoms with E-state index in [1.165, 1.54) is 11.3 Å². The number of carbonyl (C=O) groups is 1. The normalized spacial score (nSPS) is 12.5. The lowest BCUT2D eigenvalue weighted by atomic mass is 10.2. The molecule has 4 heteroatoms. The van der Waals surface area contributed by atoms with E-state index in [9.17, 15) is 4.79 Å². The fourth-order valence-corrected chi connectivity index (χ4v) is 2.16. The van der Waals surface area contributed by atoms with Crippen molar-refractivity contribution < 1.29 is 9.90 Å². The van der Waals surface area contributed by atoms with Crippen LogP contribution < -0.4 is 5.32 Å². The molecule has 0 unspecified atom stereocenters. The van der Waals surface area contributed by atoms with E-state index < -0.39 is 0 Å². The van der Waals surface area contributed by atoms with Gasteiger partial charge in [-0.2, -0.15) is 0 Å². The second-order valence-corrected chi connectivity index (χ2v) is 4.87. The molecule has 1 rings (SSSR count). The van der Waals surface area contributed by atoms with E-state index in [4.69, 9.17) is 5.11 Å². The predicted octanol–water partition coefficient (Wildman–Crippen LogP) is 1.87. The first kappa shape index (κ1) is 12.2. The number of aliphatic hydroxyl groups is 1. The third-order valence-electron chi connectivity index (χ3n) is 2.44. The molecule has 0 aliphatic carbocycles. The van der Waals surface area contributed by atoms with Gasteiger partial charge in [0.25, 0.3) is 5.91 Å². The van der Waals surface area contributed by atoms with Gasteiger partial charge in [0.05, 0.1) is 17.5 Å². The molecule has 15 heavy (non-hydrogen) atoms. The van der Waals surface area contributed by atoms with Crippen LogP contribution in [0.4, 0.5) is 0 Å². The van der Waals surface area contributed by atoms with Crippen molar-refractivity contribution >= 4 is 17.2 Å². The van der Waals surface area contributed by atoms with E-state index in [2.05, 4.69) is 5.32 Å². The molecule has 2 N–H and O–H groups in total. The maximum atomic E-state index is 11.7. The summed E-state index contributed by atoms with van der Waals surface area (Å²) in [6, 6.07) is 1.75. The summed E-state index contributed by atoms with van der Waals surface area (Å²) in [6.45, 7) is 5.92. The zero-order valence-electron chi connectivity index (χ0n) is 9.33. The number of aryl methyl sites for hydroxylation is 2. The first-order valence-electron chi connectivity index (χ1n) is 5.07. The SMILES string of the molecule is CC[C@@H](CO)NC(=O)c1cc(C)c(C)s1. The van der Waals surface area contributed by atoms with Crippen LogP contribution in [0.5, 0.6) is 0 Å². The van der Waals surface area contributed by atoms with Crippen LogP contribution in [-0.2, 0) is 0 Å². The van der Waals surface area contributed by atoms with Crippen molar-refractivity contribution in [3.05, 3.63) is 21.4 Å². The van der Waals surface area contributed by atoms with Crippen LogP contribution in [0.2, 0.25) is 0 Å². The van der Waals surface area contributed by atoms with E-state index in [1.807, 2.05) is 26.8 Å². The number of thiophene rings is 1. The Labute approximate surface area is 94.1 Å². The first-order chi connectivity index (χ1) is 7.08. The number of aliphatic hydroxyl groups excluding tert-OH is 1. The van der Waals surface area contributed by atoms with E-state index in [1.54, 1.807) is 0 Å². The Morgan fingerprint density at radius 1 is 1.60 bits per heavy atom. The molecule has 1 atom stereocenters. The number of hydrogen-bond donors (Lipinski definition) is 2. The second-order valence-electron chi connectivity index (χ2n) is 3.61. The largest absolute Gasteiger partial charge is 0.394 e. The summed E-state index contributed by atoms with van der Waals surface area (Å²) >= 11 is 1.49. The van der Waals surface area contributed by atoms with Crippen molar-refractivity contribution in [2.75, 3.05) is 6.61 Å². The van der Waals surface area contributed by atoms with Gasteiger partial charge in [-0.15, -0.1) is 11.3 Å². The summed E-state index contributed by atoms with van der Waals surface area (Å²) in [5.74, 6) is -0.0860. The summed E-state index contributed by atoms with van der Waals surface area (Å²) in [4.78, 5) is 13.6. The topological polar surface area (TPSA) is 49.3 Å². The molecule has 0 saturated heterocycles. The van der Waals surface area contributed by atoms with Crippen LogP contribution in [0.3, 0.4) is 0 Å². The van der Waals surface area contributed by atoms with Crippen molar-refractivity contribution in [3.8, 4) is 0 Å². The number of hydrogen-bond acceptors (Lipinski definition) is 3. The minimum atomic E-state index is -0.139. The quantitative estimate of drug-likeness (QED) is 0.825. The molecule has 0 aliphatic heterocycles. The zero-order chi connectivity index (χ0) is 11.4. The van der Waals surface area contributed by atoms with Crippen LogP contribution in [0.1, 0.15) is 33.5 Å². The van der Waals surface area contributed by atoms with Gasteiger partial charge in [-0.3, -0.25) is 4.79 Å². The summed E-state index contributed by atoms with van der Waals surface area (Å²) in [6.07, 6.45) is 0.742. The lowest BCUT2D eigenvalue weighted by Gasteiger charge is -2.12. The number of rotatable bonds is 4. The highest BCUT2D eigenvalue weighted by molar-refractivity contribution is 7.14. The maximum Gasteiger partial charge on any atom is 0.261 e. The number of carbonyl (C=O) groups excluding carboxylic acids is 1. The fraction of sp³-hybridized carbons (Fsp3) is 0.545. The predicted molar refractivity (Wildman–Crippen MR) is 62.4 cm³/mol. The molecule has 1 amide bonds. The van der Waals surface area contributed by atoms with Gasteiger partial charge in [0, 0.05) is 4.88 Å². The van der Waals surface area contributed by atoms with Gasteiger partial charge in [0.15, 0.2) is 0 Å².